The van der Waals surface area contributed by atoms with Gasteiger partial charge in [-0.1, -0.05) is 18.7 Å². The Morgan fingerprint density at radius 3 is 2.94 bits per heavy atom. The first-order valence-electron chi connectivity index (χ1n) is 5.68. The number of hydrogen-bond acceptors (Lipinski definition) is 5. The molecule has 17 heavy (non-hydrogen) atoms. The molecule has 92 valence electrons. The molecule has 0 aliphatic heterocycles. The van der Waals surface area contributed by atoms with E-state index in [-0.39, 0.29) is 0 Å². The van der Waals surface area contributed by atoms with E-state index >= 15 is 0 Å². The van der Waals surface area contributed by atoms with Crippen molar-refractivity contribution in [3.63, 3.8) is 0 Å². The van der Waals surface area contributed by atoms with Gasteiger partial charge in [0.05, 0.1) is 6.07 Å². The number of hydrogen-bond donors (Lipinski definition) is 1. The lowest BCUT2D eigenvalue weighted by molar-refractivity contribution is 0.450. The summed E-state index contributed by atoms with van der Waals surface area (Å²) < 4.78 is 0. The Morgan fingerprint density at radius 2 is 2.35 bits per heavy atom. The number of nitrogens with one attached hydrogen (secondary N) is 1. The molecule has 1 aromatic rings. The van der Waals surface area contributed by atoms with Crippen molar-refractivity contribution < 1.29 is 0 Å². The van der Waals surface area contributed by atoms with Crippen LogP contribution in [-0.4, -0.2) is 27.8 Å². The van der Waals surface area contributed by atoms with Crippen LogP contribution >= 0.6 is 11.8 Å². The number of aromatic nitrogens is 2. The molecule has 0 saturated carbocycles. The van der Waals surface area contributed by atoms with Crippen LogP contribution in [0.25, 0.3) is 0 Å². The molecule has 0 radical (unpaired) electrons. The van der Waals surface area contributed by atoms with Crippen molar-refractivity contribution in [2.75, 3.05) is 12.3 Å². The fourth-order valence-electron chi connectivity index (χ4n) is 1.42. The van der Waals surface area contributed by atoms with E-state index in [2.05, 4.69) is 21.4 Å². The number of thioether (sulfide) groups is 1. The summed E-state index contributed by atoms with van der Waals surface area (Å²) in [6.07, 6.45) is 2.54. The second-order valence-corrected chi connectivity index (χ2v) is 5.12. The summed E-state index contributed by atoms with van der Waals surface area (Å²) >= 11 is 1.59. The van der Waals surface area contributed by atoms with Gasteiger partial charge in [-0.3, -0.25) is 5.32 Å². The van der Waals surface area contributed by atoms with Crippen LogP contribution in [0.3, 0.4) is 0 Å². The highest BCUT2D eigenvalue weighted by Gasteiger charge is 2.21. The van der Waals surface area contributed by atoms with Gasteiger partial charge in [0.15, 0.2) is 5.16 Å². The van der Waals surface area contributed by atoms with Crippen molar-refractivity contribution in [2.24, 2.45) is 0 Å². The van der Waals surface area contributed by atoms with E-state index in [4.69, 9.17) is 5.26 Å². The molecule has 5 heteroatoms. The molecule has 1 atom stereocenters. The molecule has 1 unspecified atom stereocenters. The lowest BCUT2D eigenvalue weighted by Gasteiger charge is -2.21. The minimum atomic E-state index is -0.453. The second kappa shape index (κ2) is 6.58. The Balaban J connectivity index is 2.44. The summed E-state index contributed by atoms with van der Waals surface area (Å²) in [4.78, 5) is 8.49. The average Bonchev–Trinajstić information content (AvgIpc) is 2.29. The molecule has 0 aromatic carbocycles. The standard InChI is InChI=1S/C12H18N4S/c1-4-15-12(3,9-13)6-8-17-11-14-7-5-10(2)16-11/h5,7,15H,4,6,8H2,1-3H3. The van der Waals surface area contributed by atoms with E-state index < -0.39 is 5.54 Å². The number of nitriles is 1. The summed E-state index contributed by atoms with van der Waals surface area (Å²) in [5, 5.41) is 13.1. The maximum Gasteiger partial charge on any atom is 0.187 e. The fourth-order valence-corrected chi connectivity index (χ4v) is 2.45. The first-order valence-corrected chi connectivity index (χ1v) is 6.67. The quantitative estimate of drug-likeness (QED) is 0.619. The van der Waals surface area contributed by atoms with Crippen molar-refractivity contribution in [2.45, 2.75) is 37.9 Å². The van der Waals surface area contributed by atoms with Crippen molar-refractivity contribution in [1.82, 2.24) is 15.3 Å². The molecular weight excluding hydrogens is 232 g/mol. The summed E-state index contributed by atoms with van der Waals surface area (Å²) in [6.45, 7) is 6.68. The van der Waals surface area contributed by atoms with Gasteiger partial charge < -0.3 is 0 Å². The van der Waals surface area contributed by atoms with Crippen LogP contribution in [0, 0.1) is 18.3 Å². The molecule has 4 nitrogen and oxygen atoms in total. The van der Waals surface area contributed by atoms with Crippen LogP contribution in [-0.2, 0) is 0 Å². The molecule has 1 rings (SSSR count). The third kappa shape index (κ3) is 4.72. The molecule has 0 spiro atoms. The Hall–Kier alpha value is -1.12. The SMILES string of the molecule is CCNC(C)(C#N)CCSc1nccc(C)n1. The van der Waals surface area contributed by atoms with Gasteiger partial charge in [-0.2, -0.15) is 5.26 Å². The van der Waals surface area contributed by atoms with Crippen molar-refractivity contribution >= 4 is 11.8 Å². The average molecular weight is 250 g/mol. The highest BCUT2D eigenvalue weighted by atomic mass is 32.2. The predicted molar refractivity (Wildman–Crippen MR) is 69.8 cm³/mol. The van der Waals surface area contributed by atoms with Crippen LogP contribution in [0.15, 0.2) is 17.4 Å². The van der Waals surface area contributed by atoms with Gasteiger partial charge in [0, 0.05) is 17.6 Å². The molecule has 1 aromatic heterocycles. The number of nitrogens with zero attached hydrogens (tertiary/aromatic N) is 3. The van der Waals surface area contributed by atoms with Crippen LogP contribution < -0.4 is 5.32 Å². The lowest BCUT2D eigenvalue weighted by atomic mass is 10.0. The Kier molecular flexibility index (Phi) is 5.39. The topological polar surface area (TPSA) is 61.6 Å². The van der Waals surface area contributed by atoms with Crippen LogP contribution in [0.2, 0.25) is 0 Å². The third-order valence-electron chi connectivity index (χ3n) is 2.42. The normalized spacial score (nSPS) is 14.0. The third-order valence-corrected chi connectivity index (χ3v) is 3.28. The minimum Gasteiger partial charge on any atom is -0.300 e. The molecule has 0 amide bonds. The van der Waals surface area contributed by atoms with E-state index in [9.17, 15) is 0 Å². The number of aryl methyl sites for hydroxylation is 1. The summed E-state index contributed by atoms with van der Waals surface area (Å²) in [7, 11) is 0. The Labute approximate surface area is 107 Å². The van der Waals surface area contributed by atoms with E-state index in [0.29, 0.717) is 0 Å². The van der Waals surface area contributed by atoms with Gasteiger partial charge in [-0.15, -0.1) is 0 Å². The van der Waals surface area contributed by atoms with Gasteiger partial charge in [0.2, 0.25) is 0 Å². The zero-order chi connectivity index (χ0) is 12.7. The number of rotatable bonds is 6. The first kappa shape index (κ1) is 13.9. The highest BCUT2D eigenvalue weighted by Crippen LogP contribution is 2.18. The van der Waals surface area contributed by atoms with Gasteiger partial charge >= 0.3 is 0 Å². The largest absolute Gasteiger partial charge is 0.300 e. The van der Waals surface area contributed by atoms with Gasteiger partial charge in [0.1, 0.15) is 5.54 Å². The molecule has 1 N–H and O–H groups in total. The maximum atomic E-state index is 9.10. The monoisotopic (exact) mass is 250 g/mol. The van der Waals surface area contributed by atoms with E-state index in [1.165, 1.54) is 0 Å². The molecule has 0 bridgehead atoms. The van der Waals surface area contributed by atoms with E-state index in [1.807, 2.05) is 26.8 Å². The van der Waals surface area contributed by atoms with E-state index in [0.717, 1.165) is 29.6 Å². The first-order chi connectivity index (χ1) is 8.09. The van der Waals surface area contributed by atoms with Crippen LogP contribution in [0.1, 0.15) is 26.0 Å². The van der Waals surface area contributed by atoms with E-state index in [1.54, 1.807) is 18.0 Å². The second-order valence-electron chi connectivity index (χ2n) is 4.05. The lowest BCUT2D eigenvalue weighted by Crippen LogP contribution is -2.41. The van der Waals surface area contributed by atoms with Crippen molar-refractivity contribution in [3.8, 4) is 6.07 Å². The Morgan fingerprint density at radius 1 is 1.59 bits per heavy atom. The molecule has 1 heterocycles. The summed E-state index contributed by atoms with van der Waals surface area (Å²) in [5.41, 5.74) is 0.517. The zero-order valence-corrected chi connectivity index (χ0v) is 11.3. The fraction of sp³-hybridized carbons (Fsp3) is 0.583. The molecule has 0 saturated heterocycles. The van der Waals surface area contributed by atoms with Crippen LogP contribution in [0.5, 0.6) is 0 Å². The van der Waals surface area contributed by atoms with Gasteiger partial charge in [0.25, 0.3) is 0 Å². The summed E-state index contributed by atoms with van der Waals surface area (Å²) in [5.74, 6) is 0.834. The van der Waals surface area contributed by atoms with Crippen molar-refractivity contribution in [3.05, 3.63) is 18.0 Å². The minimum absolute atomic E-state index is 0.453. The zero-order valence-electron chi connectivity index (χ0n) is 10.5. The van der Waals surface area contributed by atoms with Gasteiger partial charge in [-0.05, 0) is 32.9 Å². The smallest absolute Gasteiger partial charge is 0.187 e. The Bertz CT molecular complexity index is 402. The van der Waals surface area contributed by atoms with Gasteiger partial charge in [-0.25, -0.2) is 9.97 Å². The summed E-state index contributed by atoms with van der Waals surface area (Å²) in [6, 6.07) is 4.19. The maximum absolute atomic E-state index is 9.10. The van der Waals surface area contributed by atoms with Crippen molar-refractivity contribution in [1.29, 1.82) is 5.26 Å². The predicted octanol–water partition coefficient (Wildman–Crippen LogP) is 2.16. The molecule has 0 aliphatic carbocycles. The molecule has 0 fully saturated rings. The molecular formula is C12H18N4S. The highest BCUT2D eigenvalue weighted by molar-refractivity contribution is 7.99. The molecule has 0 aliphatic rings. The van der Waals surface area contributed by atoms with Crippen LogP contribution in [0.4, 0.5) is 0 Å².